The lowest BCUT2D eigenvalue weighted by atomic mass is 9.40. The van der Waals surface area contributed by atoms with Gasteiger partial charge in [-0.05, 0) is 48.9 Å². The summed E-state index contributed by atoms with van der Waals surface area (Å²) in [5.41, 5.74) is -0.334. The van der Waals surface area contributed by atoms with Crippen molar-refractivity contribution in [3.05, 3.63) is 12.7 Å². The second kappa shape index (κ2) is 4.44. The van der Waals surface area contributed by atoms with Crippen molar-refractivity contribution in [2.24, 2.45) is 34.0 Å². The largest absolute Gasteiger partial charge is 0.392 e. The fourth-order valence-corrected chi connectivity index (χ4v) is 6.16. The molecular formula is C19H30O2. The zero-order valence-electron chi connectivity index (χ0n) is 14.0. The van der Waals surface area contributed by atoms with Gasteiger partial charge in [0.15, 0.2) is 0 Å². The summed E-state index contributed by atoms with van der Waals surface area (Å²) in [5, 5.41) is 10.9. The summed E-state index contributed by atoms with van der Waals surface area (Å²) in [5.74, 6) is 1.92. The molecule has 0 aromatic carbocycles. The first-order valence-electron chi connectivity index (χ1n) is 8.58. The Balaban J connectivity index is 1.95. The molecule has 1 N–H and O–H groups in total. The zero-order valence-corrected chi connectivity index (χ0v) is 14.0. The number of Topliss-reactive ketones (excluding diaryl/α,β-unsaturated/α-hetero) is 1. The van der Waals surface area contributed by atoms with E-state index in [4.69, 9.17) is 0 Å². The van der Waals surface area contributed by atoms with Crippen LogP contribution in [-0.4, -0.2) is 17.0 Å². The number of hydrogen-bond acceptors (Lipinski definition) is 2. The molecule has 0 bridgehead atoms. The Morgan fingerprint density at radius 1 is 1.43 bits per heavy atom. The van der Waals surface area contributed by atoms with Crippen LogP contribution in [0.4, 0.5) is 0 Å². The maximum atomic E-state index is 12.7. The average molecular weight is 290 g/mol. The second-order valence-corrected chi connectivity index (χ2v) is 8.64. The highest BCUT2D eigenvalue weighted by molar-refractivity contribution is 5.90. The third-order valence-corrected chi connectivity index (χ3v) is 7.72. The molecule has 2 nitrogen and oxygen atoms in total. The van der Waals surface area contributed by atoms with Crippen LogP contribution < -0.4 is 0 Å². The summed E-state index contributed by atoms with van der Waals surface area (Å²) in [6.45, 7) is 12.5. The summed E-state index contributed by atoms with van der Waals surface area (Å²) < 4.78 is 0. The molecule has 6 atom stereocenters. The molecule has 3 fully saturated rings. The molecule has 3 rings (SSSR count). The molecule has 118 valence electrons. The van der Waals surface area contributed by atoms with Gasteiger partial charge >= 0.3 is 0 Å². The van der Waals surface area contributed by atoms with E-state index < -0.39 is 6.10 Å². The van der Waals surface area contributed by atoms with Crippen LogP contribution in [0, 0.1) is 34.0 Å². The Bertz CT molecular complexity index is 480. The maximum absolute atomic E-state index is 12.7. The number of aliphatic hydroxyl groups is 1. The molecule has 0 amide bonds. The van der Waals surface area contributed by atoms with Crippen LogP contribution in [0.3, 0.4) is 0 Å². The van der Waals surface area contributed by atoms with E-state index in [-0.39, 0.29) is 22.2 Å². The molecule has 3 saturated carbocycles. The molecule has 1 spiro atoms. The normalized spacial score (nSPS) is 44.7. The van der Waals surface area contributed by atoms with Gasteiger partial charge in [0.1, 0.15) is 5.78 Å². The summed E-state index contributed by atoms with van der Waals surface area (Å²) in [4.78, 5) is 12.7. The smallest absolute Gasteiger partial charge is 0.139 e. The van der Waals surface area contributed by atoms with E-state index in [1.54, 1.807) is 0 Å². The maximum Gasteiger partial charge on any atom is 0.139 e. The van der Waals surface area contributed by atoms with Crippen LogP contribution in [0.25, 0.3) is 0 Å². The SMILES string of the molecule is C=CC(C)(C)C(O)[C@H](C)C12CCC(=O)C13CCC(C)C3C2. The van der Waals surface area contributed by atoms with Gasteiger partial charge in [-0.2, -0.15) is 0 Å². The monoisotopic (exact) mass is 290 g/mol. The van der Waals surface area contributed by atoms with Gasteiger partial charge in [0.05, 0.1) is 6.10 Å². The second-order valence-electron chi connectivity index (χ2n) is 8.64. The number of carbonyl (C=O) groups is 1. The van der Waals surface area contributed by atoms with Crippen molar-refractivity contribution in [3.8, 4) is 0 Å². The van der Waals surface area contributed by atoms with Gasteiger partial charge in [0, 0.05) is 17.3 Å². The molecule has 0 aromatic rings. The quantitative estimate of drug-likeness (QED) is 0.795. The molecule has 3 aliphatic rings. The van der Waals surface area contributed by atoms with Gasteiger partial charge in [-0.3, -0.25) is 4.79 Å². The van der Waals surface area contributed by atoms with Crippen LogP contribution in [-0.2, 0) is 4.79 Å². The topological polar surface area (TPSA) is 37.3 Å². The number of aliphatic hydroxyl groups excluding tert-OH is 1. The highest BCUT2D eigenvalue weighted by atomic mass is 16.3. The van der Waals surface area contributed by atoms with Crippen LogP contribution in [0.15, 0.2) is 12.7 Å². The third-order valence-electron chi connectivity index (χ3n) is 7.72. The van der Waals surface area contributed by atoms with Crippen LogP contribution in [0.2, 0.25) is 0 Å². The lowest BCUT2D eigenvalue weighted by molar-refractivity contribution is -0.185. The Morgan fingerprint density at radius 2 is 2.10 bits per heavy atom. The summed E-state index contributed by atoms with van der Waals surface area (Å²) in [6, 6.07) is 0. The highest BCUT2D eigenvalue weighted by Crippen LogP contribution is 2.78. The van der Waals surface area contributed by atoms with Gasteiger partial charge in [0.2, 0.25) is 0 Å². The molecule has 0 aromatic heterocycles. The minimum atomic E-state index is -0.422. The van der Waals surface area contributed by atoms with Crippen molar-refractivity contribution in [1.82, 2.24) is 0 Å². The summed E-state index contributed by atoms with van der Waals surface area (Å²) >= 11 is 0. The number of ketones is 1. The van der Waals surface area contributed by atoms with E-state index in [1.807, 2.05) is 6.08 Å². The van der Waals surface area contributed by atoms with Crippen molar-refractivity contribution in [1.29, 1.82) is 0 Å². The number of hydrogen-bond donors (Lipinski definition) is 1. The Hall–Kier alpha value is -0.630. The molecule has 0 saturated heterocycles. The predicted molar refractivity (Wildman–Crippen MR) is 84.8 cm³/mol. The molecule has 2 heteroatoms. The zero-order chi connectivity index (χ0) is 15.6. The highest BCUT2D eigenvalue weighted by Gasteiger charge is 2.76. The average Bonchev–Trinajstić information content (AvgIpc) is 2.82. The first kappa shape index (κ1) is 15.3. The van der Waals surface area contributed by atoms with E-state index in [1.165, 1.54) is 6.42 Å². The van der Waals surface area contributed by atoms with E-state index in [0.717, 1.165) is 25.7 Å². The minimum Gasteiger partial charge on any atom is -0.392 e. The Labute approximate surface area is 129 Å². The molecule has 3 aliphatic carbocycles. The van der Waals surface area contributed by atoms with Crippen LogP contribution in [0.5, 0.6) is 0 Å². The van der Waals surface area contributed by atoms with Crippen molar-refractivity contribution in [3.63, 3.8) is 0 Å². The Morgan fingerprint density at radius 3 is 2.67 bits per heavy atom. The first-order valence-corrected chi connectivity index (χ1v) is 8.58. The van der Waals surface area contributed by atoms with Crippen molar-refractivity contribution >= 4 is 5.78 Å². The molecule has 0 radical (unpaired) electrons. The van der Waals surface area contributed by atoms with Gasteiger partial charge < -0.3 is 5.11 Å². The van der Waals surface area contributed by atoms with Crippen LogP contribution in [0.1, 0.15) is 59.8 Å². The lowest BCUT2D eigenvalue weighted by Crippen LogP contribution is -2.62. The van der Waals surface area contributed by atoms with E-state index in [9.17, 15) is 9.90 Å². The Kier molecular flexibility index (Phi) is 3.23. The van der Waals surface area contributed by atoms with Gasteiger partial charge in [-0.25, -0.2) is 0 Å². The van der Waals surface area contributed by atoms with E-state index in [0.29, 0.717) is 17.6 Å². The van der Waals surface area contributed by atoms with E-state index >= 15 is 0 Å². The van der Waals surface area contributed by atoms with Gasteiger partial charge in [-0.1, -0.05) is 33.8 Å². The van der Waals surface area contributed by atoms with Gasteiger partial charge in [0.25, 0.3) is 0 Å². The lowest BCUT2D eigenvalue weighted by Gasteiger charge is -2.63. The van der Waals surface area contributed by atoms with E-state index in [2.05, 4.69) is 34.3 Å². The predicted octanol–water partition coefficient (Wildman–Crippen LogP) is 3.98. The molecule has 0 aliphatic heterocycles. The van der Waals surface area contributed by atoms with Crippen molar-refractivity contribution in [2.45, 2.75) is 65.9 Å². The van der Waals surface area contributed by atoms with Crippen molar-refractivity contribution in [2.75, 3.05) is 0 Å². The first-order chi connectivity index (χ1) is 9.73. The summed E-state index contributed by atoms with van der Waals surface area (Å²) in [6.07, 6.45) is 6.55. The number of rotatable bonds is 4. The number of carbonyl (C=O) groups excluding carboxylic acids is 1. The van der Waals surface area contributed by atoms with Crippen molar-refractivity contribution < 1.29 is 9.90 Å². The minimum absolute atomic E-state index is 0.0548. The molecule has 5 unspecified atom stereocenters. The third kappa shape index (κ3) is 1.60. The molecular weight excluding hydrogens is 260 g/mol. The van der Waals surface area contributed by atoms with Crippen LogP contribution >= 0.6 is 0 Å². The fraction of sp³-hybridized carbons (Fsp3) is 0.842. The fourth-order valence-electron chi connectivity index (χ4n) is 6.16. The standard InChI is InChI=1S/C19H30O2/c1-6-17(4,5)16(21)13(3)18-9-8-15(20)19(18)10-7-12(2)14(19)11-18/h6,12-14,16,21H,1,7-11H2,2-5H3/t12?,13-,14?,16?,18?,19?/m0/s1. The summed E-state index contributed by atoms with van der Waals surface area (Å²) in [7, 11) is 0. The molecule has 0 heterocycles. The van der Waals surface area contributed by atoms with Gasteiger partial charge in [-0.15, -0.1) is 6.58 Å². The molecule has 21 heavy (non-hydrogen) atoms.